The number of aliphatic hydroxyl groups is 1. The first kappa shape index (κ1) is 24.7. The Hall–Kier alpha value is -1.98. The van der Waals surface area contributed by atoms with Gasteiger partial charge in [-0.3, -0.25) is 9.36 Å². The van der Waals surface area contributed by atoms with Crippen LogP contribution in [0.4, 0.5) is 5.82 Å². The molecule has 1 aromatic heterocycles. The SMILES string of the molecule is CC(C)(C)[Si](C)(C)O[C@H]1[C@@H](O)[C@H](n2ccc(NC(=O)c3ccccc3)nc2=O)O[C@@H]1CS. The maximum atomic E-state index is 12.7. The van der Waals surface area contributed by atoms with E-state index in [0.29, 0.717) is 11.3 Å². The van der Waals surface area contributed by atoms with Crippen molar-refractivity contribution in [2.24, 2.45) is 0 Å². The molecule has 3 rings (SSSR count). The van der Waals surface area contributed by atoms with Gasteiger partial charge in [0.2, 0.25) is 0 Å². The Balaban J connectivity index is 1.79. The lowest BCUT2D eigenvalue weighted by Crippen LogP contribution is -2.49. The van der Waals surface area contributed by atoms with E-state index in [0.717, 1.165) is 0 Å². The van der Waals surface area contributed by atoms with Crippen LogP contribution in [0.1, 0.15) is 37.4 Å². The molecule has 1 amide bonds. The Morgan fingerprint density at radius 2 is 1.94 bits per heavy atom. The highest BCUT2D eigenvalue weighted by atomic mass is 32.1. The monoisotopic (exact) mass is 477 g/mol. The van der Waals surface area contributed by atoms with Crippen molar-refractivity contribution in [2.45, 2.75) is 63.4 Å². The first-order chi connectivity index (χ1) is 14.9. The van der Waals surface area contributed by atoms with Crippen molar-refractivity contribution in [3.63, 3.8) is 0 Å². The fraction of sp³-hybridized carbons (Fsp3) is 0.500. The number of ether oxygens (including phenoxy) is 1. The molecule has 1 aliphatic rings. The Morgan fingerprint density at radius 3 is 2.50 bits per heavy atom. The van der Waals surface area contributed by atoms with Gasteiger partial charge in [0.1, 0.15) is 18.0 Å². The van der Waals surface area contributed by atoms with E-state index in [1.165, 1.54) is 16.8 Å². The zero-order valence-electron chi connectivity index (χ0n) is 19.0. The molecule has 0 spiro atoms. The van der Waals surface area contributed by atoms with Crippen LogP contribution in [0.5, 0.6) is 0 Å². The first-order valence-corrected chi connectivity index (χ1v) is 14.1. The van der Waals surface area contributed by atoms with Gasteiger partial charge in [-0.15, -0.1) is 0 Å². The molecule has 4 atom stereocenters. The molecule has 1 aliphatic heterocycles. The number of nitrogens with one attached hydrogen (secondary N) is 1. The number of nitrogens with zero attached hydrogens (tertiary/aromatic N) is 2. The Kier molecular flexibility index (Phi) is 7.30. The van der Waals surface area contributed by atoms with E-state index in [2.05, 4.69) is 56.8 Å². The van der Waals surface area contributed by atoms with Gasteiger partial charge < -0.3 is 19.6 Å². The average molecular weight is 478 g/mol. The number of aromatic nitrogens is 2. The summed E-state index contributed by atoms with van der Waals surface area (Å²) >= 11 is 4.35. The maximum absolute atomic E-state index is 12.7. The number of thiol groups is 1. The number of amides is 1. The van der Waals surface area contributed by atoms with Gasteiger partial charge in [0.15, 0.2) is 14.5 Å². The van der Waals surface area contributed by atoms with Gasteiger partial charge in [0.25, 0.3) is 5.91 Å². The third-order valence-electron chi connectivity index (χ3n) is 6.11. The molecule has 10 heteroatoms. The molecule has 174 valence electrons. The molecule has 1 aromatic carbocycles. The molecule has 2 heterocycles. The summed E-state index contributed by atoms with van der Waals surface area (Å²) in [5, 5.41) is 13.6. The van der Waals surface area contributed by atoms with Gasteiger partial charge in [0.05, 0.1) is 6.10 Å². The molecule has 1 saturated heterocycles. The topological polar surface area (TPSA) is 103 Å². The number of carbonyl (C=O) groups excluding carboxylic acids is 1. The molecule has 1 fully saturated rings. The second-order valence-electron chi connectivity index (χ2n) is 9.40. The van der Waals surface area contributed by atoms with Crippen LogP contribution in [0.2, 0.25) is 18.1 Å². The van der Waals surface area contributed by atoms with Gasteiger partial charge in [0, 0.05) is 17.5 Å². The number of hydrogen-bond donors (Lipinski definition) is 3. The summed E-state index contributed by atoms with van der Waals surface area (Å²) in [5.41, 5.74) is -0.193. The molecular formula is C22H31N3O5SSi. The maximum Gasteiger partial charge on any atom is 0.351 e. The molecule has 0 aliphatic carbocycles. The number of hydrogen-bond acceptors (Lipinski definition) is 7. The lowest BCUT2D eigenvalue weighted by molar-refractivity contribution is -0.0338. The largest absolute Gasteiger partial charge is 0.408 e. The second-order valence-corrected chi connectivity index (χ2v) is 14.5. The van der Waals surface area contributed by atoms with Crippen molar-refractivity contribution in [1.29, 1.82) is 0 Å². The van der Waals surface area contributed by atoms with Gasteiger partial charge in [-0.2, -0.15) is 17.6 Å². The Labute approximate surface area is 194 Å². The predicted molar refractivity (Wildman–Crippen MR) is 129 cm³/mol. The van der Waals surface area contributed by atoms with Crippen LogP contribution in [-0.2, 0) is 9.16 Å². The Morgan fingerprint density at radius 1 is 1.28 bits per heavy atom. The highest BCUT2D eigenvalue weighted by Crippen LogP contribution is 2.41. The van der Waals surface area contributed by atoms with E-state index in [1.54, 1.807) is 24.3 Å². The molecule has 0 unspecified atom stereocenters. The highest BCUT2D eigenvalue weighted by molar-refractivity contribution is 7.80. The van der Waals surface area contributed by atoms with E-state index in [1.807, 2.05) is 6.07 Å². The average Bonchev–Trinajstić information content (AvgIpc) is 3.03. The summed E-state index contributed by atoms with van der Waals surface area (Å²) in [4.78, 5) is 28.9. The van der Waals surface area contributed by atoms with E-state index >= 15 is 0 Å². The molecule has 32 heavy (non-hydrogen) atoms. The minimum absolute atomic E-state index is 0.0526. The van der Waals surface area contributed by atoms with Crippen LogP contribution in [0.15, 0.2) is 47.4 Å². The van der Waals surface area contributed by atoms with Crippen LogP contribution < -0.4 is 11.0 Å². The number of anilines is 1. The van der Waals surface area contributed by atoms with Gasteiger partial charge in [-0.1, -0.05) is 39.0 Å². The fourth-order valence-corrected chi connectivity index (χ4v) is 4.83. The zero-order chi connectivity index (χ0) is 23.7. The fourth-order valence-electron chi connectivity index (χ4n) is 3.21. The molecule has 0 bridgehead atoms. The standard InChI is InChI=1S/C22H31N3O5SSi/c1-22(2,3)32(4,5)30-18-15(13-31)29-20(17(18)26)25-12-11-16(24-21(25)28)23-19(27)14-9-7-6-8-10-14/h6-12,15,17-18,20,26,31H,13H2,1-5H3,(H,23,24,27,28)/t15-,17-,18-,20-/m1/s1. The van der Waals surface area contributed by atoms with Crippen molar-refractivity contribution < 1.29 is 19.1 Å². The van der Waals surface area contributed by atoms with E-state index in [9.17, 15) is 14.7 Å². The van der Waals surface area contributed by atoms with Crippen molar-refractivity contribution in [3.8, 4) is 0 Å². The molecular weight excluding hydrogens is 446 g/mol. The normalized spacial score (nSPS) is 23.8. The third-order valence-corrected chi connectivity index (χ3v) is 10.9. The number of aliphatic hydroxyl groups excluding tert-OH is 1. The Bertz CT molecular complexity index is 1010. The third kappa shape index (κ3) is 5.15. The van der Waals surface area contributed by atoms with E-state index in [4.69, 9.17) is 9.16 Å². The number of carbonyl (C=O) groups is 1. The second kappa shape index (κ2) is 9.48. The summed E-state index contributed by atoms with van der Waals surface area (Å²) in [6, 6.07) is 10.1. The summed E-state index contributed by atoms with van der Waals surface area (Å²) in [6.07, 6.45) is -1.65. The molecule has 8 nitrogen and oxygen atoms in total. The molecule has 0 saturated carbocycles. The zero-order valence-corrected chi connectivity index (χ0v) is 20.9. The van der Waals surface area contributed by atoms with Crippen molar-refractivity contribution in [1.82, 2.24) is 9.55 Å². The van der Waals surface area contributed by atoms with Gasteiger partial charge in [-0.25, -0.2) is 4.79 Å². The smallest absolute Gasteiger partial charge is 0.351 e. The quantitative estimate of drug-likeness (QED) is 0.437. The van der Waals surface area contributed by atoms with E-state index in [-0.39, 0.29) is 16.8 Å². The van der Waals surface area contributed by atoms with Gasteiger partial charge >= 0.3 is 5.69 Å². The lowest BCUT2D eigenvalue weighted by atomic mass is 10.1. The minimum atomic E-state index is -2.20. The number of rotatable bonds is 6. The highest BCUT2D eigenvalue weighted by Gasteiger charge is 2.50. The summed E-state index contributed by atoms with van der Waals surface area (Å²) < 4.78 is 13.6. The van der Waals surface area contributed by atoms with Crippen LogP contribution in [-0.4, -0.2) is 52.9 Å². The number of benzene rings is 1. The van der Waals surface area contributed by atoms with Crippen molar-refractivity contribution in [2.75, 3.05) is 11.1 Å². The van der Waals surface area contributed by atoms with Crippen LogP contribution in [0.3, 0.4) is 0 Å². The first-order valence-electron chi connectivity index (χ1n) is 10.5. The van der Waals surface area contributed by atoms with Gasteiger partial charge in [-0.05, 0) is 36.3 Å². The van der Waals surface area contributed by atoms with Crippen molar-refractivity contribution >= 4 is 32.7 Å². The van der Waals surface area contributed by atoms with Crippen molar-refractivity contribution in [3.05, 3.63) is 58.6 Å². The molecule has 2 N–H and O–H groups in total. The lowest BCUT2D eigenvalue weighted by Gasteiger charge is -2.39. The predicted octanol–water partition coefficient (Wildman–Crippen LogP) is 3.07. The van der Waals surface area contributed by atoms with Crippen LogP contribution >= 0.6 is 12.6 Å². The van der Waals surface area contributed by atoms with Crippen LogP contribution in [0.25, 0.3) is 0 Å². The summed E-state index contributed by atoms with van der Waals surface area (Å²) in [7, 11) is -2.20. The molecule has 0 radical (unpaired) electrons. The minimum Gasteiger partial charge on any atom is -0.408 e. The van der Waals surface area contributed by atoms with E-state index < -0.39 is 38.5 Å². The summed E-state index contributed by atoms with van der Waals surface area (Å²) in [6.45, 7) is 10.5. The summed E-state index contributed by atoms with van der Waals surface area (Å²) in [5.74, 6) is 0.0815. The molecule has 2 aromatic rings. The van der Waals surface area contributed by atoms with Crippen LogP contribution in [0, 0.1) is 0 Å².